The maximum Gasteiger partial charge on any atom is 0.252 e. The monoisotopic (exact) mass is 380 g/mol. The topological polar surface area (TPSA) is 74.0 Å². The molecule has 28 heavy (non-hydrogen) atoms. The third-order valence-corrected chi connectivity index (χ3v) is 5.71. The molecule has 1 aromatic carbocycles. The van der Waals surface area contributed by atoms with E-state index in [0.717, 1.165) is 40.8 Å². The van der Waals surface area contributed by atoms with Crippen molar-refractivity contribution in [1.82, 2.24) is 15.2 Å². The lowest BCUT2D eigenvalue weighted by Gasteiger charge is -2.28. The Bertz CT molecular complexity index is 1010. The zero-order chi connectivity index (χ0) is 19.9. The number of hydrogen-bond donors (Lipinski definition) is 2. The van der Waals surface area contributed by atoms with Crippen LogP contribution in [-0.4, -0.2) is 41.3 Å². The lowest BCUT2D eigenvalue weighted by atomic mass is 9.76. The van der Waals surface area contributed by atoms with Gasteiger partial charge in [-0.3, -0.25) is 9.89 Å². The van der Waals surface area contributed by atoms with Crippen LogP contribution in [-0.2, 0) is 22.4 Å². The van der Waals surface area contributed by atoms with Gasteiger partial charge in [0.25, 0.3) is 5.91 Å². The first-order valence-corrected chi connectivity index (χ1v) is 9.91. The molecule has 6 heteroatoms. The highest BCUT2D eigenvalue weighted by atomic mass is 16.5. The maximum absolute atomic E-state index is 12.2. The van der Waals surface area contributed by atoms with E-state index in [1.807, 2.05) is 25.1 Å². The summed E-state index contributed by atoms with van der Waals surface area (Å²) in [5.74, 6) is -0.0584. The molecule has 0 saturated carbocycles. The Morgan fingerprint density at radius 2 is 2.14 bits per heavy atom. The molecular formula is C22H28N4O2. The number of hydrogen-bond acceptors (Lipinski definition) is 3. The van der Waals surface area contributed by atoms with Gasteiger partial charge in [0.1, 0.15) is 12.3 Å². The Labute approximate surface area is 165 Å². The number of rotatable bonds is 5. The SMILES string of the molecule is CCOCC(=O)N(C)c1ccc2cc(-c3n[nH]c4c3CCC(C)(C)C4)[nH]c2c1. The van der Waals surface area contributed by atoms with E-state index in [9.17, 15) is 4.79 Å². The first kappa shape index (κ1) is 18.7. The molecule has 2 N–H and O–H groups in total. The Morgan fingerprint density at radius 1 is 1.32 bits per heavy atom. The molecule has 1 aliphatic rings. The number of carbonyl (C=O) groups is 1. The van der Waals surface area contributed by atoms with Crippen molar-refractivity contribution in [3.8, 4) is 11.4 Å². The van der Waals surface area contributed by atoms with Gasteiger partial charge in [-0.15, -0.1) is 0 Å². The van der Waals surface area contributed by atoms with Crippen LogP contribution >= 0.6 is 0 Å². The fraction of sp³-hybridized carbons (Fsp3) is 0.455. The van der Waals surface area contributed by atoms with Crippen molar-refractivity contribution in [1.29, 1.82) is 0 Å². The lowest BCUT2D eigenvalue weighted by molar-refractivity contribution is -0.122. The summed E-state index contributed by atoms with van der Waals surface area (Å²) >= 11 is 0. The van der Waals surface area contributed by atoms with Gasteiger partial charge in [-0.1, -0.05) is 19.9 Å². The Hall–Kier alpha value is -2.60. The molecule has 148 valence electrons. The summed E-state index contributed by atoms with van der Waals surface area (Å²) < 4.78 is 5.24. The van der Waals surface area contributed by atoms with E-state index >= 15 is 0 Å². The standard InChI is InChI=1S/C22H28N4O2/c1-5-28-13-20(27)26(4)15-7-6-14-10-18(23-17(14)11-15)21-16-8-9-22(2,3)12-19(16)24-25-21/h6-7,10-11,23H,5,8-9,12-13H2,1-4H3,(H,24,25). The van der Waals surface area contributed by atoms with E-state index in [1.165, 1.54) is 17.7 Å². The molecule has 0 radical (unpaired) electrons. The molecule has 0 fully saturated rings. The van der Waals surface area contributed by atoms with Crippen LogP contribution in [0, 0.1) is 5.41 Å². The van der Waals surface area contributed by atoms with Crippen molar-refractivity contribution < 1.29 is 9.53 Å². The van der Waals surface area contributed by atoms with E-state index in [1.54, 1.807) is 11.9 Å². The molecule has 1 amide bonds. The Balaban J connectivity index is 1.63. The second-order valence-electron chi connectivity index (χ2n) is 8.41. The van der Waals surface area contributed by atoms with Crippen molar-refractivity contribution in [2.45, 2.75) is 40.0 Å². The first-order valence-electron chi connectivity index (χ1n) is 9.91. The van der Waals surface area contributed by atoms with Crippen molar-refractivity contribution in [3.63, 3.8) is 0 Å². The number of carbonyl (C=O) groups excluding carboxylic acids is 1. The Morgan fingerprint density at radius 3 is 2.93 bits per heavy atom. The average Bonchev–Trinajstić information content (AvgIpc) is 3.26. The van der Waals surface area contributed by atoms with E-state index in [2.05, 4.69) is 35.1 Å². The van der Waals surface area contributed by atoms with Crippen LogP contribution < -0.4 is 4.90 Å². The molecule has 0 atom stereocenters. The number of likely N-dealkylation sites (N-methyl/N-ethyl adjacent to an activating group) is 1. The highest BCUT2D eigenvalue weighted by Gasteiger charge is 2.29. The second kappa shape index (κ2) is 7.09. The zero-order valence-corrected chi connectivity index (χ0v) is 17.1. The van der Waals surface area contributed by atoms with Crippen LogP contribution in [0.3, 0.4) is 0 Å². The minimum atomic E-state index is -0.0584. The molecule has 1 aliphatic carbocycles. The first-order chi connectivity index (χ1) is 13.4. The highest BCUT2D eigenvalue weighted by molar-refractivity contribution is 5.97. The molecule has 0 spiro atoms. The van der Waals surface area contributed by atoms with Gasteiger partial charge in [0.15, 0.2) is 0 Å². The number of nitrogens with one attached hydrogen (secondary N) is 2. The molecule has 0 aliphatic heterocycles. The van der Waals surface area contributed by atoms with Gasteiger partial charge >= 0.3 is 0 Å². The van der Waals surface area contributed by atoms with Gasteiger partial charge in [-0.25, -0.2) is 0 Å². The van der Waals surface area contributed by atoms with Crippen LogP contribution in [0.15, 0.2) is 24.3 Å². The molecule has 0 saturated heterocycles. The normalized spacial score (nSPS) is 15.6. The molecule has 4 rings (SSSR count). The van der Waals surface area contributed by atoms with Crippen molar-refractivity contribution in [2.24, 2.45) is 5.41 Å². The Kier molecular flexibility index (Phi) is 4.75. The summed E-state index contributed by atoms with van der Waals surface area (Å²) in [6.07, 6.45) is 3.25. The summed E-state index contributed by atoms with van der Waals surface area (Å²) in [4.78, 5) is 17.3. The summed E-state index contributed by atoms with van der Waals surface area (Å²) in [5, 5.41) is 8.97. The van der Waals surface area contributed by atoms with E-state index < -0.39 is 0 Å². The van der Waals surface area contributed by atoms with Crippen molar-refractivity contribution in [2.75, 3.05) is 25.2 Å². The van der Waals surface area contributed by atoms with Gasteiger partial charge in [0.05, 0.1) is 5.69 Å². The number of aromatic nitrogens is 3. The van der Waals surface area contributed by atoms with E-state index in [0.29, 0.717) is 12.0 Å². The van der Waals surface area contributed by atoms with Crippen LogP contribution in [0.5, 0.6) is 0 Å². The predicted molar refractivity (Wildman–Crippen MR) is 112 cm³/mol. The van der Waals surface area contributed by atoms with Crippen LogP contribution in [0.4, 0.5) is 5.69 Å². The summed E-state index contributed by atoms with van der Waals surface area (Å²) in [6, 6.07) is 8.14. The average molecular weight is 380 g/mol. The fourth-order valence-corrected chi connectivity index (χ4v) is 3.95. The molecular weight excluding hydrogens is 352 g/mol. The number of fused-ring (bicyclic) bond motifs is 2. The van der Waals surface area contributed by atoms with Crippen molar-refractivity contribution >= 4 is 22.5 Å². The minimum Gasteiger partial charge on any atom is -0.372 e. The number of benzene rings is 1. The van der Waals surface area contributed by atoms with Crippen LogP contribution in [0.25, 0.3) is 22.3 Å². The summed E-state index contributed by atoms with van der Waals surface area (Å²) in [7, 11) is 1.78. The third-order valence-electron chi connectivity index (χ3n) is 5.71. The van der Waals surface area contributed by atoms with Gasteiger partial charge in [-0.05, 0) is 49.8 Å². The number of H-pyrrole nitrogens is 2. The zero-order valence-electron chi connectivity index (χ0n) is 17.1. The fourth-order valence-electron chi connectivity index (χ4n) is 3.95. The van der Waals surface area contributed by atoms with Gasteiger partial charge in [0.2, 0.25) is 0 Å². The summed E-state index contributed by atoms with van der Waals surface area (Å²) in [6.45, 7) is 7.13. The smallest absolute Gasteiger partial charge is 0.252 e. The number of ether oxygens (including phenoxy) is 1. The number of aromatic amines is 2. The van der Waals surface area contributed by atoms with Gasteiger partial charge < -0.3 is 14.6 Å². The second-order valence-corrected chi connectivity index (χ2v) is 8.41. The number of amides is 1. The number of anilines is 1. The van der Waals surface area contributed by atoms with Gasteiger partial charge in [-0.2, -0.15) is 5.10 Å². The molecule has 3 aromatic rings. The molecule has 0 unspecified atom stereocenters. The number of nitrogens with zero attached hydrogens (tertiary/aromatic N) is 2. The quantitative estimate of drug-likeness (QED) is 0.701. The maximum atomic E-state index is 12.2. The highest BCUT2D eigenvalue weighted by Crippen LogP contribution is 2.38. The minimum absolute atomic E-state index is 0.0584. The summed E-state index contributed by atoms with van der Waals surface area (Å²) in [5.41, 5.74) is 6.79. The predicted octanol–water partition coefficient (Wildman–Crippen LogP) is 4.07. The van der Waals surface area contributed by atoms with Crippen LogP contribution in [0.1, 0.15) is 38.4 Å². The largest absolute Gasteiger partial charge is 0.372 e. The van der Waals surface area contributed by atoms with E-state index in [4.69, 9.17) is 4.74 Å². The lowest BCUT2D eigenvalue weighted by Crippen LogP contribution is -2.30. The van der Waals surface area contributed by atoms with Crippen molar-refractivity contribution in [3.05, 3.63) is 35.5 Å². The van der Waals surface area contributed by atoms with E-state index in [-0.39, 0.29) is 12.5 Å². The molecule has 6 nitrogen and oxygen atoms in total. The third kappa shape index (κ3) is 3.44. The van der Waals surface area contributed by atoms with Crippen LogP contribution in [0.2, 0.25) is 0 Å². The molecule has 2 aromatic heterocycles. The van der Waals surface area contributed by atoms with Gasteiger partial charge in [0, 0.05) is 41.5 Å². The molecule has 0 bridgehead atoms. The molecule has 2 heterocycles.